The number of rotatable bonds is 4. The van der Waals surface area contributed by atoms with E-state index in [1.165, 1.54) is 24.8 Å². The van der Waals surface area contributed by atoms with Crippen molar-refractivity contribution in [3.05, 3.63) is 18.0 Å². The van der Waals surface area contributed by atoms with E-state index in [4.69, 9.17) is 5.73 Å². The number of hydrogen-bond acceptors (Lipinski definition) is 3. The fourth-order valence-electron chi connectivity index (χ4n) is 3.34. The molecule has 1 aromatic rings. The van der Waals surface area contributed by atoms with Gasteiger partial charge in [0.05, 0.1) is 6.20 Å². The molecule has 1 heterocycles. The van der Waals surface area contributed by atoms with Gasteiger partial charge in [-0.3, -0.25) is 4.68 Å². The van der Waals surface area contributed by atoms with Crippen molar-refractivity contribution in [2.75, 3.05) is 13.6 Å². The van der Waals surface area contributed by atoms with Crippen LogP contribution < -0.4 is 5.73 Å². The molecular weight excluding hydrogens is 236 g/mol. The largest absolute Gasteiger partial charge is 0.327 e. The molecule has 0 saturated heterocycles. The lowest BCUT2D eigenvalue weighted by Gasteiger charge is -2.43. The zero-order valence-corrected chi connectivity index (χ0v) is 12.8. The van der Waals surface area contributed by atoms with Crippen LogP contribution in [0.4, 0.5) is 0 Å². The minimum atomic E-state index is 0.290. The van der Waals surface area contributed by atoms with E-state index in [2.05, 4.69) is 37.1 Å². The van der Waals surface area contributed by atoms with Gasteiger partial charge in [0.15, 0.2) is 0 Å². The van der Waals surface area contributed by atoms with Crippen molar-refractivity contribution in [1.29, 1.82) is 0 Å². The van der Waals surface area contributed by atoms with Crippen molar-refractivity contribution in [3.63, 3.8) is 0 Å². The van der Waals surface area contributed by atoms with E-state index < -0.39 is 0 Å². The molecule has 4 heteroatoms. The highest BCUT2D eigenvalue weighted by Gasteiger charge is 2.36. The zero-order chi connectivity index (χ0) is 14.0. The normalized spacial score (nSPS) is 26.8. The van der Waals surface area contributed by atoms with Gasteiger partial charge in [-0.25, -0.2) is 0 Å². The van der Waals surface area contributed by atoms with Crippen molar-refractivity contribution >= 4 is 0 Å². The Morgan fingerprint density at radius 3 is 2.89 bits per heavy atom. The Morgan fingerprint density at radius 1 is 1.53 bits per heavy atom. The van der Waals surface area contributed by atoms with Gasteiger partial charge in [-0.2, -0.15) is 5.10 Å². The maximum absolute atomic E-state index is 6.46. The molecule has 1 aliphatic carbocycles. The van der Waals surface area contributed by atoms with Gasteiger partial charge in [0, 0.05) is 37.9 Å². The molecule has 2 rings (SSSR count). The molecule has 1 aromatic heterocycles. The summed E-state index contributed by atoms with van der Waals surface area (Å²) in [5.41, 5.74) is 8.02. The average molecular weight is 264 g/mol. The fourth-order valence-corrected chi connectivity index (χ4v) is 3.34. The summed E-state index contributed by atoms with van der Waals surface area (Å²) in [6, 6.07) is 0.317. The van der Waals surface area contributed by atoms with Crippen molar-refractivity contribution in [1.82, 2.24) is 14.7 Å². The lowest BCUT2D eigenvalue weighted by Crippen LogP contribution is -2.49. The summed E-state index contributed by atoms with van der Waals surface area (Å²) in [6.07, 6.45) is 7.87. The predicted octanol–water partition coefficient (Wildman–Crippen LogP) is 2.01. The van der Waals surface area contributed by atoms with E-state index >= 15 is 0 Å². The Labute approximate surface area is 117 Å². The minimum Gasteiger partial charge on any atom is -0.327 e. The third-order valence-corrected chi connectivity index (χ3v) is 4.56. The molecule has 0 radical (unpaired) electrons. The summed E-state index contributed by atoms with van der Waals surface area (Å²) in [5.74, 6) is 0.616. The Hall–Kier alpha value is -0.870. The van der Waals surface area contributed by atoms with Crippen LogP contribution in [0.5, 0.6) is 0 Å². The molecule has 2 atom stereocenters. The Balaban J connectivity index is 1.89. The van der Waals surface area contributed by atoms with Gasteiger partial charge in [-0.05, 0) is 31.2 Å². The lowest BCUT2D eigenvalue weighted by molar-refractivity contribution is 0.109. The van der Waals surface area contributed by atoms with Crippen LogP contribution >= 0.6 is 0 Å². The molecule has 1 aliphatic rings. The molecule has 108 valence electrons. The van der Waals surface area contributed by atoms with E-state index in [0.29, 0.717) is 12.0 Å². The third kappa shape index (κ3) is 3.57. The van der Waals surface area contributed by atoms with Gasteiger partial charge < -0.3 is 10.6 Å². The van der Waals surface area contributed by atoms with E-state index in [1.807, 2.05) is 17.9 Å². The quantitative estimate of drug-likeness (QED) is 0.905. The van der Waals surface area contributed by atoms with Gasteiger partial charge in [-0.1, -0.05) is 20.3 Å². The molecule has 4 nitrogen and oxygen atoms in total. The van der Waals surface area contributed by atoms with E-state index in [-0.39, 0.29) is 5.41 Å². The number of aromatic nitrogens is 2. The highest BCUT2D eigenvalue weighted by Crippen LogP contribution is 2.37. The number of nitrogens with two attached hydrogens (primary N) is 1. The van der Waals surface area contributed by atoms with Gasteiger partial charge in [0.2, 0.25) is 0 Å². The first-order valence-corrected chi connectivity index (χ1v) is 7.30. The van der Waals surface area contributed by atoms with Gasteiger partial charge in [0.1, 0.15) is 0 Å². The van der Waals surface area contributed by atoms with Crippen molar-refractivity contribution in [2.24, 2.45) is 24.1 Å². The lowest BCUT2D eigenvalue weighted by atomic mass is 9.68. The van der Waals surface area contributed by atoms with Crippen LogP contribution in [0, 0.1) is 11.3 Å². The summed E-state index contributed by atoms with van der Waals surface area (Å²) >= 11 is 0. The monoisotopic (exact) mass is 264 g/mol. The standard InChI is InChI=1S/C15H28N4/c1-15(2)7-5-6-13(14(15)16)11-18(3)9-12-8-17-19(4)10-12/h8,10,13-14H,5-7,9,11,16H2,1-4H3. The van der Waals surface area contributed by atoms with Crippen LogP contribution in [-0.2, 0) is 13.6 Å². The molecule has 0 aromatic carbocycles. The van der Waals surface area contributed by atoms with Crippen molar-refractivity contribution in [3.8, 4) is 0 Å². The predicted molar refractivity (Wildman–Crippen MR) is 78.6 cm³/mol. The second-order valence-corrected chi connectivity index (χ2v) is 6.89. The molecule has 1 saturated carbocycles. The van der Waals surface area contributed by atoms with Crippen molar-refractivity contribution in [2.45, 2.75) is 45.7 Å². The average Bonchev–Trinajstić information content (AvgIpc) is 2.70. The Morgan fingerprint density at radius 2 is 2.26 bits per heavy atom. The summed E-state index contributed by atoms with van der Waals surface area (Å²) in [4.78, 5) is 2.38. The van der Waals surface area contributed by atoms with Crippen LogP contribution in [0.2, 0.25) is 0 Å². The molecule has 1 fully saturated rings. The second-order valence-electron chi connectivity index (χ2n) is 6.89. The van der Waals surface area contributed by atoms with Crippen molar-refractivity contribution < 1.29 is 0 Å². The molecule has 19 heavy (non-hydrogen) atoms. The van der Waals surface area contributed by atoms with E-state index in [1.54, 1.807) is 0 Å². The van der Waals surface area contributed by atoms with Crippen LogP contribution in [0.3, 0.4) is 0 Å². The summed E-state index contributed by atoms with van der Waals surface area (Å²) in [6.45, 7) is 6.66. The molecule has 2 unspecified atom stereocenters. The fraction of sp³-hybridized carbons (Fsp3) is 0.800. The first kappa shape index (κ1) is 14.5. The number of nitrogens with zero attached hydrogens (tertiary/aromatic N) is 3. The molecule has 0 spiro atoms. The molecule has 0 amide bonds. The first-order chi connectivity index (χ1) is 8.88. The van der Waals surface area contributed by atoms with Gasteiger partial charge >= 0.3 is 0 Å². The van der Waals surface area contributed by atoms with Crippen LogP contribution in [-0.4, -0.2) is 34.3 Å². The second kappa shape index (κ2) is 5.63. The third-order valence-electron chi connectivity index (χ3n) is 4.56. The van der Waals surface area contributed by atoms with Gasteiger partial charge in [0.25, 0.3) is 0 Å². The molecule has 2 N–H and O–H groups in total. The molecular formula is C15H28N4. The Kier molecular flexibility index (Phi) is 4.31. The Bertz CT molecular complexity index is 410. The van der Waals surface area contributed by atoms with E-state index in [9.17, 15) is 0 Å². The van der Waals surface area contributed by atoms with Crippen LogP contribution in [0.25, 0.3) is 0 Å². The van der Waals surface area contributed by atoms with E-state index in [0.717, 1.165) is 13.1 Å². The smallest absolute Gasteiger partial charge is 0.0534 e. The zero-order valence-electron chi connectivity index (χ0n) is 12.8. The number of hydrogen-bond donors (Lipinski definition) is 1. The maximum atomic E-state index is 6.46. The van der Waals surface area contributed by atoms with Crippen LogP contribution in [0.1, 0.15) is 38.7 Å². The molecule has 0 bridgehead atoms. The highest BCUT2D eigenvalue weighted by molar-refractivity contribution is 5.03. The SMILES string of the molecule is CN(Cc1cnn(C)c1)CC1CCCC(C)(C)C1N. The van der Waals surface area contributed by atoms with Crippen LogP contribution in [0.15, 0.2) is 12.4 Å². The minimum absolute atomic E-state index is 0.290. The summed E-state index contributed by atoms with van der Waals surface area (Å²) in [7, 11) is 4.14. The first-order valence-electron chi connectivity index (χ1n) is 7.30. The summed E-state index contributed by atoms with van der Waals surface area (Å²) < 4.78 is 1.86. The maximum Gasteiger partial charge on any atom is 0.0534 e. The summed E-state index contributed by atoms with van der Waals surface area (Å²) in [5, 5.41) is 4.22. The highest BCUT2D eigenvalue weighted by atomic mass is 15.2. The topological polar surface area (TPSA) is 47.1 Å². The number of aryl methyl sites for hydroxylation is 1. The molecule has 0 aliphatic heterocycles. The van der Waals surface area contributed by atoms with Gasteiger partial charge in [-0.15, -0.1) is 0 Å².